The molecule has 0 saturated heterocycles. The Morgan fingerprint density at radius 3 is 2.58 bits per heavy atom. The zero-order valence-corrected chi connectivity index (χ0v) is 12.7. The Morgan fingerprint density at radius 2 is 1.89 bits per heavy atom. The molecule has 0 amide bonds. The predicted octanol–water partition coefficient (Wildman–Crippen LogP) is 4.19. The van der Waals surface area contributed by atoms with Crippen LogP contribution in [-0.2, 0) is 11.2 Å². The van der Waals surface area contributed by atoms with Crippen LogP contribution in [0.4, 0.5) is 0 Å². The van der Waals surface area contributed by atoms with E-state index >= 15 is 0 Å². The molecular formula is C15H24ClNO2. The normalized spacial score (nSPS) is 9.79. The molecular weight excluding hydrogens is 262 g/mol. The van der Waals surface area contributed by atoms with Gasteiger partial charge in [0.25, 0.3) is 0 Å². The van der Waals surface area contributed by atoms with Crippen LogP contribution in [-0.4, -0.2) is 18.1 Å². The number of hydrogen-bond donors (Lipinski definition) is 0. The smallest absolute Gasteiger partial charge is 0.339 e. The standard InChI is InChI=1S/C15H23NO2.ClH/c1-3-4-5-6-7-8-11-14-13(15(17)18-2)10-9-12-16-14;/h9-10,12H,3-8,11H2,1-2H3;1H. The quantitative estimate of drug-likeness (QED) is 0.531. The van der Waals surface area contributed by atoms with E-state index in [4.69, 9.17) is 4.74 Å². The van der Waals surface area contributed by atoms with Crippen molar-refractivity contribution in [1.82, 2.24) is 4.98 Å². The molecule has 1 rings (SSSR count). The number of ether oxygens (including phenoxy) is 1. The third kappa shape index (κ3) is 6.58. The number of esters is 1. The van der Waals surface area contributed by atoms with E-state index < -0.39 is 0 Å². The van der Waals surface area contributed by atoms with Gasteiger partial charge in [0, 0.05) is 6.20 Å². The van der Waals surface area contributed by atoms with Crippen LogP contribution in [0.2, 0.25) is 0 Å². The van der Waals surface area contributed by atoms with Gasteiger partial charge in [0.1, 0.15) is 0 Å². The molecule has 19 heavy (non-hydrogen) atoms. The summed E-state index contributed by atoms with van der Waals surface area (Å²) >= 11 is 0. The number of carbonyl (C=O) groups is 1. The second-order valence-corrected chi connectivity index (χ2v) is 4.51. The summed E-state index contributed by atoms with van der Waals surface area (Å²) in [5, 5.41) is 0. The fraction of sp³-hybridized carbons (Fsp3) is 0.600. The average Bonchev–Trinajstić information content (AvgIpc) is 2.42. The maximum Gasteiger partial charge on any atom is 0.339 e. The zero-order valence-electron chi connectivity index (χ0n) is 11.9. The minimum Gasteiger partial charge on any atom is -0.465 e. The van der Waals surface area contributed by atoms with Gasteiger partial charge in [-0.15, -0.1) is 12.4 Å². The highest BCUT2D eigenvalue weighted by Crippen LogP contribution is 2.12. The molecule has 0 atom stereocenters. The Balaban J connectivity index is 0.00000324. The Morgan fingerprint density at radius 1 is 1.21 bits per heavy atom. The van der Waals surface area contributed by atoms with E-state index in [9.17, 15) is 4.79 Å². The van der Waals surface area contributed by atoms with Crippen LogP contribution in [0.1, 0.15) is 61.5 Å². The number of methoxy groups -OCH3 is 1. The second kappa shape index (κ2) is 10.8. The van der Waals surface area contributed by atoms with Crippen LogP contribution in [0.15, 0.2) is 18.3 Å². The van der Waals surface area contributed by atoms with E-state index in [0.29, 0.717) is 5.56 Å². The van der Waals surface area contributed by atoms with Crippen LogP contribution in [0.25, 0.3) is 0 Å². The van der Waals surface area contributed by atoms with E-state index in [0.717, 1.165) is 18.5 Å². The van der Waals surface area contributed by atoms with Crippen molar-refractivity contribution in [2.75, 3.05) is 7.11 Å². The second-order valence-electron chi connectivity index (χ2n) is 4.51. The van der Waals surface area contributed by atoms with Crippen molar-refractivity contribution in [3.63, 3.8) is 0 Å². The summed E-state index contributed by atoms with van der Waals surface area (Å²) in [6, 6.07) is 3.56. The molecule has 0 aromatic carbocycles. The number of nitrogens with zero attached hydrogens (tertiary/aromatic N) is 1. The lowest BCUT2D eigenvalue weighted by Crippen LogP contribution is -2.07. The maximum atomic E-state index is 11.5. The molecule has 108 valence electrons. The van der Waals surface area contributed by atoms with Crippen molar-refractivity contribution in [2.24, 2.45) is 0 Å². The number of unbranched alkanes of at least 4 members (excludes halogenated alkanes) is 5. The number of aryl methyl sites for hydroxylation is 1. The molecule has 0 aliphatic carbocycles. The maximum absolute atomic E-state index is 11.5. The van der Waals surface area contributed by atoms with Gasteiger partial charge in [-0.1, -0.05) is 39.0 Å². The molecule has 1 heterocycles. The van der Waals surface area contributed by atoms with Crippen LogP contribution in [0.3, 0.4) is 0 Å². The van der Waals surface area contributed by atoms with Gasteiger partial charge in [0.15, 0.2) is 0 Å². The lowest BCUT2D eigenvalue weighted by molar-refractivity contribution is 0.0599. The molecule has 0 saturated carbocycles. The third-order valence-corrected chi connectivity index (χ3v) is 3.06. The molecule has 3 nitrogen and oxygen atoms in total. The summed E-state index contributed by atoms with van der Waals surface area (Å²) in [5.74, 6) is -0.288. The minimum atomic E-state index is -0.288. The summed E-state index contributed by atoms with van der Waals surface area (Å²) in [6.45, 7) is 2.22. The van der Waals surface area contributed by atoms with Crippen LogP contribution < -0.4 is 0 Å². The third-order valence-electron chi connectivity index (χ3n) is 3.06. The molecule has 0 radical (unpaired) electrons. The molecule has 0 fully saturated rings. The van der Waals surface area contributed by atoms with Crippen LogP contribution in [0, 0.1) is 0 Å². The van der Waals surface area contributed by atoms with Gasteiger partial charge in [0.2, 0.25) is 0 Å². The van der Waals surface area contributed by atoms with Gasteiger partial charge in [0.05, 0.1) is 18.4 Å². The number of carbonyl (C=O) groups excluding carboxylic acids is 1. The van der Waals surface area contributed by atoms with E-state index in [1.54, 1.807) is 18.3 Å². The van der Waals surface area contributed by atoms with E-state index in [1.807, 2.05) is 0 Å². The lowest BCUT2D eigenvalue weighted by Gasteiger charge is -2.06. The Labute approximate surface area is 122 Å². The van der Waals surface area contributed by atoms with Gasteiger partial charge in [-0.3, -0.25) is 4.98 Å². The SMILES string of the molecule is CCCCCCCCc1ncccc1C(=O)OC.Cl. The Kier molecular flexibility index (Phi) is 10.2. The minimum absolute atomic E-state index is 0. The Bertz CT molecular complexity index is 369. The lowest BCUT2D eigenvalue weighted by atomic mass is 10.1. The highest BCUT2D eigenvalue weighted by Gasteiger charge is 2.11. The van der Waals surface area contributed by atoms with Crippen molar-refractivity contribution < 1.29 is 9.53 Å². The number of pyridine rings is 1. The number of aromatic nitrogens is 1. The molecule has 0 spiro atoms. The predicted molar refractivity (Wildman–Crippen MR) is 79.9 cm³/mol. The highest BCUT2D eigenvalue weighted by molar-refractivity contribution is 5.90. The number of rotatable bonds is 8. The fourth-order valence-electron chi connectivity index (χ4n) is 2.01. The van der Waals surface area contributed by atoms with Crippen molar-refractivity contribution in [3.05, 3.63) is 29.6 Å². The van der Waals surface area contributed by atoms with E-state index in [-0.39, 0.29) is 18.4 Å². The first-order valence-corrected chi connectivity index (χ1v) is 6.81. The van der Waals surface area contributed by atoms with Gasteiger partial charge in [-0.05, 0) is 25.0 Å². The van der Waals surface area contributed by atoms with Crippen LogP contribution in [0.5, 0.6) is 0 Å². The molecule has 0 N–H and O–H groups in total. The van der Waals surface area contributed by atoms with Crippen molar-refractivity contribution in [2.45, 2.75) is 51.9 Å². The van der Waals surface area contributed by atoms with Crippen LogP contribution >= 0.6 is 12.4 Å². The van der Waals surface area contributed by atoms with Crippen molar-refractivity contribution in [3.8, 4) is 0 Å². The van der Waals surface area contributed by atoms with Gasteiger partial charge >= 0.3 is 5.97 Å². The molecule has 4 heteroatoms. The molecule has 1 aromatic heterocycles. The first-order valence-electron chi connectivity index (χ1n) is 6.81. The first kappa shape index (κ1) is 17.9. The van der Waals surface area contributed by atoms with E-state index in [2.05, 4.69) is 11.9 Å². The number of hydrogen-bond acceptors (Lipinski definition) is 3. The van der Waals surface area contributed by atoms with Crippen molar-refractivity contribution in [1.29, 1.82) is 0 Å². The molecule has 0 unspecified atom stereocenters. The van der Waals surface area contributed by atoms with E-state index in [1.165, 1.54) is 39.2 Å². The van der Waals surface area contributed by atoms with Gasteiger partial charge in [-0.2, -0.15) is 0 Å². The summed E-state index contributed by atoms with van der Waals surface area (Å²) in [7, 11) is 1.41. The molecule has 0 bridgehead atoms. The Hall–Kier alpha value is -1.09. The summed E-state index contributed by atoms with van der Waals surface area (Å²) in [5.41, 5.74) is 1.47. The topological polar surface area (TPSA) is 39.2 Å². The number of halogens is 1. The summed E-state index contributed by atoms with van der Waals surface area (Å²) in [6.07, 6.45) is 10.1. The summed E-state index contributed by atoms with van der Waals surface area (Å²) in [4.78, 5) is 15.8. The van der Waals surface area contributed by atoms with Crippen molar-refractivity contribution >= 4 is 18.4 Å². The molecule has 0 aliphatic heterocycles. The highest BCUT2D eigenvalue weighted by atomic mass is 35.5. The molecule has 0 aliphatic rings. The van der Waals surface area contributed by atoms with Gasteiger partial charge in [-0.25, -0.2) is 4.79 Å². The average molecular weight is 286 g/mol. The zero-order chi connectivity index (χ0) is 13.2. The molecule has 1 aromatic rings. The summed E-state index contributed by atoms with van der Waals surface area (Å²) < 4.78 is 4.76. The first-order chi connectivity index (χ1) is 8.79. The fourth-order valence-corrected chi connectivity index (χ4v) is 2.01. The van der Waals surface area contributed by atoms with Gasteiger partial charge < -0.3 is 4.74 Å². The monoisotopic (exact) mass is 285 g/mol. The largest absolute Gasteiger partial charge is 0.465 e.